The van der Waals surface area contributed by atoms with Gasteiger partial charge in [0.15, 0.2) is 5.96 Å². The Balaban J connectivity index is 0.00000320. The van der Waals surface area contributed by atoms with E-state index < -0.39 is 0 Å². The summed E-state index contributed by atoms with van der Waals surface area (Å²) in [5.41, 5.74) is 1.28. The predicted molar refractivity (Wildman–Crippen MR) is 134 cm³/mol. The van der Waals surface area contributed by atoms with Crippen LogP contribution in [0.2, 0.25) is 0 Å². The zero-order valence-corrected chi connectivity index (χ0v) is 20.8. The van der Waals surface area contributed by atoms with Crippen LogP contribution in [0.5, 0.6) is 0 Å². The van der Waals surface area contributed by atoms with Crippen LogP contribution in [0, 0.1) is 5.92 Å². The maximum absolute atomic E-state index is 12.4. The first-order valence-electron chi connectivity index (χ1n) is 10.7. The van der Waals surface area contributed by atoms with E-state index in [2.05, 4.69) is 63.8 Å². The van der Waals surface area contributed by atoms with Crippen molar-refractivity contribution >= 4 is 35.8 Å². The Hall–Kier alpha value is -1.39. The van der Waals surface area contributed by atoms with Gasteiger partial charge in [-0.05, 0) is 26.1 Å². The number of carbonyl (C=O) groups excluding carboxylic acids is 1. The highest BCUT2D eigenvalue weighted by atomic mass is 127. The molecule has 168 valence electrons. The number of nitrogens with one attached hydrogen (secondary N) is 2. The van der Waals surface area contributed by atoms with Gasteiger partial charge in [0.2, 0.25) is 5.91 Å². The van der Waals surface area contributed by atoms with E-state index in [0.717, 1.165) is 58.2 Å². The van der Waals surface area contributed by atoms with Crippen molar-refractivity contribution in [2.45, 2.75) is 18.9 Å². The van der Waals surface area contributed by atoms with E-state index in [0.29, 0.717) is 18.4 Å². The third-order valence-electron chi connectivity index (χ3n) is 6.07. The van der Waals surface area contributed by atoms with E-state index in [9.17, 15) is 4.79 Å². The van der Waals surface area contributed by atoms with Crippen molar-refractivity contribution in [3.8, 4) is 0 Å². The fourth-order valence-electron chi connectivity index (χ4n) is 4.11. The Kier molecular flexibility index (Phi) is 10.3. The molecule has 3 rings (SSSR count). The highest BCUT2D eigenvalue weighted by molar-refractivity contribution is 14.0. The topological polar surface area (TPSA) is 63.2 Å². The number of carbonyl (C=O) groups is 1. The Morgan fingerprint density at radius 3 is 2.57 bits per heavy atom. The molecule has 0 aromatic heterocycles. The number of halogens is 1. The maximum Gasteiger partial charge on any atom is 0.223 e. The Morgan fingerprint density at radius 2 is 1.83 bits per heavy atom. The first-order valence-corrected chi connectivity index (χ1v) is 10.7. The van der Waals surface area contributed by atoms with Gasteiger partial charge >= 0.3 is 0 Å². The average molecular weight is 528 g/mol. The lowest BCUT2D eigenvalue weighted by atomic mass is 10.1. The molecule has 2 aliphatic rings. The molecule has 0 bridgehead atoms. The zero-order valence-electron chi connectivity index (χ0n) is 18.5. The number of benzene rings is 1. The highest BCUT2D eigenvalue weighted by Crippen LogP contribution is 2.17. The minimum absolute atomic E-state index is 0. The second-order valence-electron chi connectivity index (χ2n) is 8.38. The number of aliphatic imine (C=N–C) groups is 1. The number of amides is 1. The summed E-state index contributed by atoms with van der Waals surface area (Å²) in [5, 5.41) is 6.87. The minimum atomic E-state index is 0. The van der Waals surface area contributed by atoms with Crippen LogP contribution >= 0.6 is 24.0 Å². The van der Waals surface area contributed by atoms with Crippen LogP contribution in [0.25, 0.3) is 0 Å². The van der Waals surface area contributed by atoms with Crippen molar-refractivity contribution in [2.75, 3.05) is 67.0 Å². The lowest BCUT2D eigenvalue weighted by molar-refractivity contribution is -0.127. The molecule has 2 heterocycles. The third kappa shape index (κ3) is 7.39. The molecule has 2 fully saturated rings. The summed E-state index contributed by atoms with van der Waals surface area (Å²) in [6.45, 7) is 6.54. The molecule has 2 aliphatic heterocycles. The van der Waals surface area contributed by atoms with Gasteiger partial charge in [-0.1, -0.05) is 30.3 Å². The zero-order chi connectivity index (χ0) is 20.6. The van der Waals surface area contributed by atoms with Crippen LogP contribution in [0.15, 0.2) is 35.3 Å². The SMILES string of the molecule is CN=C(NCC1CC(=O)N(CCc2ccccc2)C1)NCC1CN(C)CCN1C.I. The van der Waals surface area contributed by atoms with Crippen molar-refractivity contribution in [3.63, 3.8) is 0 Å². The fraction of sp³-hybridized carbons (Fsp3) is 0.636. The quantitative estimate of drug-likeness (QED) is 0.316. The molecule has 1 aromatic rings. The van der Waals surface area contributed by atoms with Gasteiger partial charge in [0.1, 0.15) is 0 Å². The Bertz CT molecular complexity index is 685. The van der Waals surface area contributed by atoms with E-state index >= 15 is 0 Å². The summed E-state index contributed by atoms with van der Waals surface area (Å²) in [7, 11) is 6.16. The number of rotatable bonds is 7. The van der Waals surface area contributed by atoms with Gasteiger partial charge in [0.05, 0.1) is 0 Å². The van der Waals surface area contributed by atoms with Gasteiger partial charge in [0, 0.05) is 71.2 Å². The van der Waals surface area contributed by atoms with Gasteiger partial charge in [-0.3, -0.25) is 14.7 Å². The monoisotopic (exact) mass is 528 g/mol. The van der Waals surface area contributed by atoms with Crippen LogP contribution in [0.1, 0.15) is 12.0 Å². The lowest BCUT2D eigenvalue weighted by Crippen LogP contribution is -2.55. The molecular formula is C22H37IN6O. The van der Waals surface area contributed by atoms with Crippen LogP contribution < -0.4 is 10.6 Å². The van der Waals surface area contributed by atoms with Gasteiger partial charge in [-0.15, -0.1) is 24.0 Å². The third-order valence-corrected chi connectivity index (χ3v) is 6.07. The summed E-state index contributed by atoms with van der Waals surface area (Å²) in [4.78, 5) is 23.5. The summed E-state index contributed by atoms with van der Waals surface area (Å²) in [6.07, 6.45) is 1.54. The standard InChI is InChI=1S/C22H36N6O.HI/c1-23-22(25-15-20-17-26(2)11-12-27(20)3)24-14-19-13-21(29)28(16-19)10-9-18-7-5-4-6-8-18;/h4-8,19-20H,9-17H2,1-3H3,(H2,23,24,25);1H. The molecule has 2 unspecified atom stereocenters. The lowest BCUT2D eigenvalue weighted by Gasteiger charge is -2.38. The van der Waals surface area contributed by atoms with Crippen LogP contribution in [0.3, 0.4) is 0 Å². The molecule has 8 heteroatoms. The van der Waals surface area contributed by atoms with Crippen LogP contribution in [0.4, 0.5) is 0 Å². The van der Waals surface area contributed by atoms with Crippen molar-refractivity contribution < 1.29 is 4.79 Å². The molecule has 0 radical (unpaired) electrons. The molecule has 2 atom stereocenters. The normalized spacial score (nSPS) is 23.4. The van der Waals surface area contributed by atoms with Crippen molar-refractivity contribution in [1.29, 1.82) is 0 Å². The number of guanidine groups is 1. The van der Waals surface area contributed by atoms with E-state index in [4.69, 9.17) is 0 Å². The van der Waals surface area contributed by atoms with Crippen molar-refractivity contribution in [1.82, 2.24) is 25.3 Å². The van der Waals surface area contributed by atoms with Crippen LogP contribution in [-0.2, 0) is 11.2 Å². The highest BCUT2D eigenvalue weighted by Gasteiger charge is 2.29. The second kappa shape index (κ2) is 12.5. The average Bonchev–Trinajstić information content (AvgIpc) is 3.09. The summed E-state index contributed by atoms with van der Waals surface area (Å²) >= 11 is 0. The molecular weight excluding hydrogens is 491 g/mol. The fourth-order valence-corrected chi connectivity index (χ4v) is 4.11. The van der Waals surface area contributed by atoms with Crippen LogP contribution in [-0.4, -0.2) is 99.6 Å². The molecule has 0 saturated carbocycles. The molecule has 0 spiro atoms. The molecule has 0 aliphatic carbocycles. The summed E-state index contributed by atoms with van der Waals surface area (Å²) in [5.74, 6) is 1.42. The predicted octanol–water partition coefficient (Wildman–Crippen LogP) is 1.11. The number of nitrogens with zero attached hydrogens (tertiary/aromatic N) is 4. The molecule has 1 aromatic carbocycles. The van der Waals surface area contributed by atoms with E-state index in [1.165, 1.54) is 5.56 Å². The van der Waals surface area contributed by atoms with E-state index in [1.54, 1.807) is 7.05 Å². The second-order valence-corrected chi connectivity index (χ2v) is 8.38. The maximum atomic E-state index is 12.4. The first-order chi connectivity index (χ1) is 14.0. The van der Waals surface area contributed by atoms with Gasteiger partial charge in [-0.25, -0.2) is 0 Å². The minimum Gasteiger partial charge on any atom is -0.356 e. The largest absolute Gasteiger partial charge is 0.356 e. The van der Waals surface area contributed by atoms with Gasteiger partial charge in [-0.2, -0.15) is 0 Å². The number of likely N-dealkylation sites (tertiary alicyclic amines) is 1. The molecule has 7 nitrogen and oxygen atoms in total. The molecule has 30 heavy (non-hydrogen) atoms. The number of likely N-dealkylation sites (N-methyl/N-ethyl adjacent to an activating group) is 2. The Morgan fingerprint density at radius 1 is 1.10 bits per heavy atom. The number of hydrogen-bond donors (Lipinski definition) is 2. The van der Waals surface area contributed by atoms with Crippen molar-refractivity contribution in [3.05, 3.63) is 35.9 Å². The van der Waals surface area contributed by atoms with Crippen molar-refractivity contribution in [2.24, 2.45) is 10.9 Å². The van der Waals surface area contributed by atoms with E-state index in [1.807, 2.05) is 11.0 Å². The Labute approximate surface area is 198 Å². The molecule has 2 N–H and O–H groups in total. The molecule has 1 amide bonds. The van der Waals surface area contributed by atoms with E-state index in [-0.39, 0.29) is 29.9 Å². The summed E-state index contributed by atoms with van der Waals surface area (Å²) in [6, 6.07) is 10.9. The summed E-state index contributed by atoms with van der Waals surface area (Å²) < 4.78 is 0. The smallest absolute Gasteiger partial charge is 0.223 e. The van der Waals surface area contributed by atoms with Gasteiger partial charge < -0.3 is 20.4 Å². The number of hydrogen-bond acceptors (Lipinski definition) is 4. The van der Waals surface area contributed by atoms with Gasteiger partial charge in [0.25, 0.3) is 0 Å². The first kappa shape index (κ1) is 24.9. The molecule has 2 saturated heterocycles. The number of piperazine rings is 1.